The zero-order valence-electron chi connectivity index (χ0n) is 17.3. The number of carbonyl (C=O) groups is 2. The van der Waals surface area contributed by atoms with Crippen LogP contribution in [0.5, 0.6) is 5.75 Å². The van der Waals surface area contributed by atoms with Crippen molar-refractivity contribution in [2.45, 2.75) is 71.6 Å². The van der Waals surface area contributed by atoms with Crippen LogP contribution >= 0.6 is 11.6 Å². The zero-order valence-corrected chi connectivity index (χ0v) is 18.1. The van der Waals surface area contributed by atoms with E-state index < -0.39 is 0 Å². The van der Waals surface area contributed by atoms with Crippen LogP contribution in [0.3, 0.4) is 0 Å². The quantitative estimate of drug-likeness (QED) is 0.614. The Morgan fingerprint density at radius 3 is 2.25 bits per heavy atom. The molecule has 1 aromatic carbocycles. The van der Waals surface area contributed by atoms with E-state index in [9.17, 15) is 9.59 Å². The summed E-state index contributed by atoms with van der Waals surface area (Å²) in [6.45, 7) is 8.28. The molecule has 0 saturated heterocycles. The molecular weight excluding hydrogens is 380 g/mol. The fourth-order valence-corrected chi connectivity index (χ4v) is 2.06. The molecule has 2 unspecified atom stereocenters. The Balaban J connectivity index is 0.000000284. The van der Waals surface area contributed by atoms with Gasteiger partial charge in [-0.15, -0.1) is 0 Å². The maximum absolute atomic E-state index is 11.3. The molecule has 2 rings (SSSR count). The second-order valence-corrected chi connectivity index (χ2v) is 7.43. The molecule has 2 amide bonds. The van der Waals surface area contributed by atoms with Crippen LogP contribution in [0.15, 0.2) is 24.3 Å². The Labute approximate surface area is 173 Å². The van der Waals surface area contributed by atoms with Gasteiger partial charge in [-0.1, -0.05) is 25.4 Å². The highest BCUT2D eigenvalue weighted by Crippen LogP contribution is 2.18. The number of hydrogen-bond acceptors (Lipinski definition) is 4. The van der Waals surface area contributed by atoms with E-state index in [0.717, 1.165) is 25.7 Å². The standard InChI is InChI=1S/C11H12ClNO2.C10H21NO2/c12-8-1-5-10(6-2-8)15-7-11(14)13-9-3-4-9;1-5-8(3)11-10(12)7-13-9(4)6-2/h1-2,5-6,9H,3-4,7H2,(H,13,14);8-9H,5-7H2,1-4H3,(H,11,12). The number of halogens is 1. The molecular formula is C21H33ClN2O4. The summed E-state index contributed by atoms with van der Waals surface area (Å²) in [6, 6.07) is 7.57. The molecule has 158 valence electrons. The van der Waals surface area contributed by atoms with Crippen LogP contribution in [0.4, 0.5) is 0 Å². The van der Waals surface area contributed by atoms with E-state index in [1.807, 2.05) is 27.7 Å². The topological polar surface area (TPSA) is 76.7 Å². The first-order valence-electron chi connectivity index (χ1n) is 9.92. The molecule has 1 aliphatic carbocycles. The van der Waals surface area contributed by atoms with E-state index in [0.29, 0.717) is 16.8 Å². The highest BCUT2D eigenvalue weighted by Gasteiger charge is 2.23. The zero-order chi connectivity index (χ0) is 20.9. The Morgan fingerprint density at radius 1 is 1.07 bits per heavy atom. The number of rotatable bonds is 10. The molecule has 1 fully saturated rings. The maximum atomic E-state index is 11.3. The van der Waals surface area contributed by atoms with Gasteiger partial charge in [-0.3, -0.25) is 9.59 Å². The monoisotopic (exact) mass is 412 g/mol. The van der Waals surface area contributed by atoms with Gasteiger partial charge in [-0.2, -0.15) is 0 Å². The van der Waals surface area contributed by atoms with Crippen molar-refractivity contribution in [1.82, 2.24) is 10.6 Å². The number of hydrogen-bond donors (Lipinski definition) is 2. The van der Waals surface area contributed by atoms with Crippen molar-refractivity contribution in [1.29, 1.82) is 0 Å². The van der Waals surface area contributed by atoms with Crippen molar-refractivity contribution in [3.8, 4) is 5.75 Å². The van der Waals surface area contributed by atoms with Crippen molar-refractivity contribution in [2.75, 3.05) is 13.2 Å². The molecule has 2 atom stereocenters. The normalized spacial score (nSPS) is 14.9. The molecule has 6 nitrogen and oxygen atoms in total. The first-order valence-corrected chi connectivity index (χ1v) is 10.3. The number of ether oxygens (including phenoxy) is 2. The summed E-state index contributed by atoms with van der Waals surface area (Å²) in [4.78, 5) is 22.5. The maximum Gasteiger partial charge on any atom is 0.258 e. The first-order chi connectivity index (χ1) is 13.3. The van der Waals surface area contributed by atoms with Gasteiger partial charge in [-0.05, 0) is 63.8 Å². The summed E-state index contributed by atoms with van der Waals surface area (Å²) in [7, 11) is 0. The van der Waals surface area contributed by atoms with Gasteiger partial charge in [0, 0.05) is 17.1 Å². The molecule has 0 radical (unpaired) electrons. The lowest BCUT2D eigenvalue weighted by atomic mass is 10.2. The van der Waals surface area contributed by atoms with Crippen LogP contribution in [-0.4, -0.2) is 43.2 Å². The Bertz CT molecular complexity index is 591. The molecule has 0 heterocycles. The average molecular weight is 413 g/mol. The molecule has 0 aromatic heterocycles. The molecule has 1 aromatic rings. The van der Waals surface area contributed by atoms with Gasteiger partial charge in [0.25, 0.3) is 5.91 Å². The van der Waals surface area contributed by atoms with Gasteiger partial charge in [-0.25, -0.2) is 0 Å². The Morgan fingerprint density at radius 2 is 1.71 bits per heavy atom. The Kier molecular flexibility index (Phi) is 11.6. The molecule has 0 aliphatic heterocycles. The van der Waals surface area contributed by atoms with Crippen molar-refractivity contribution in [3.63, 3.8) is 0 Å². The van der Waals surface area contributed by atoms with Crippen LogP contribution < -0.4 is 15.4 Å². The second-order valence-electron chi connectivity index (χ2n) is 6.99. The van der Waals surface area contributed by atoms with Gasteiger partial charge in [0.05, 0.1) is 6.10 Å². The average Bonchev–Trinajstić information content (AvgIpc) is 3.50. The molecule has 28 heavy (non-hydrogen) atoms. The number of benzene rings is 1. The lowest BCUT2D eigenvalue weighted by molar-refractivity contribution is -0.128. The fourth-order valence-electron chi connectivity index (χ4n) is 1.93. The minimum absolute atomic E-state index is 0.0188. The molecule has 0 bridgehead atoms. The molecule has 1 saturated carbocycles. The van der Waals surface area contributed by atoms with Crippen LogP contribution in [-0.2, 0) is 14.3 Å². The van der Waals surface area contributed by atoms with E-state index in [-0.39, 0.29) is 37.2 Å². The smallest absolute Gasteiger partial charge is 0.258 e. The molecule has 0 spiro atoms. The number of carbonyl (C=O) groups excluding carboxylic acids is 2. The molecule has 2 N–H and O–H groups in total. The third-order valence-electron chi connectivity index (χ3n) is 4.22. The van der Waals surface area contributed by atoms with E-state index in [1.165, 1.54) is 0 Å². The minimum Gasteiger partial charge on any atom is -0.484 e. The van der Waals surface area contributed by atoms with E-state index in [1.54, 1.807) is 24.3 Å². The van der Waals surface area contributed by atoms with Crippen LogP contribution in [0.2, 0.25) is 5.02 Å². The molecule has 1 aliphatic rings. The second kappa shape index (κ2) is 13.4. The van der Waals surface area contributed by atoms with E-state index >= 15 is 0 Å². The van der Waals surface area contributed by atoms with E-state index in [4.69, 9.17) is 21.1 Å². The van der Waals surface area contributed by atoms with Gasteiger partial charge < -0.3 is 20.1 Å². The summed E-state index contributed by atoms with van der Waals surface area (Å²) >= 11 is 5.72. The highest BCUT2D eigenvalue weighted by molar-refractivity contribution is 6.30. The van der Waals surface area contributed by atoms with Gasteiger partial charge in [0.2, 0.25) is 5.91 Å². The lowest BCUT2D eigenvalue weighted by Crippen LogP contribution is -2.35. The van der Waals surface area contributed by atoms with Crippen LogP contribution in [0, 0.1) is 0 Å². The van der Waals surface area contributed by atoms with Gasteiger partial charge in [0.1, 0.15) is 12.4 Å². The number of amides is 2. The fraction of sp³-hybridized carbons (Fsp3) is 0.619. The highest BCUT2D eigenvalue weighted by atomic mass is 35.5. The molecule has 7 heteroatoms. The summed E-state index contributed by atoms with van der Waals surface area (Å²) in [5.41, 5.74) is 0. The summed E-state index contributed by atoms with van der Waals surface area (Å²) in [6.07, 6.45) is 4.24. The Hall–Kier alpha value is -1.79. The largest absolute Gasteiger partial charge is 0.484 e. The van der Waals surface area contributed by atoms with Gasteiger partial charge >= 0.3 is 0 Å². The lowest BCUT2D eigenvalue weighted by Gasteiger charge is -2.13. The van der Waals surface area contributed by atoms with Crippen LogP contribution in [0.25, 0.3) is 0 Å². The van der Waals surface area contributed by atoms with Crippen molar-refractivity contribution < 1.29 is 19.1 Å². The summed E-state index contributed by atoms with van der Waals surface area (Å²) < 4.78 is 10.6. The minimum atomic E-state index is -0.0625. The third kappa shape index (κ3) is 11.8. The predicted molar refractivity (Wildman–Crippen MR) is 112 cm³/mol. The summed E-state index contributed by atoms with van der Waals surface area (Å²) in [5.74, 6) is 0.576. The number of nitrogens with one attached hydrogen (secondary N) is 2. The van der Waals surface area contributed by atoms with Crippen molar-refractivity contribution in [2.24, 2.45) is 0 Å². The van der Waals surface area contributed by atoms with Gasteiger partial charge in [0.15, 0.2) is 6.61 Å². The SMILES string of the molecule is CCC(C)NC(=O)COC(C)CC.O=C(COc1ccc(Cl)cc1)NC1CC1. The third-order valence-corrected chi connectivity index (χ3v) is 4.47. The van der Waals surface area contributed by atoms with Crippen molar-refractivity contribution >= 4 is 23.4 Å². The van der Waals surface area contributed by atoms with Crippen molar-refractivity contribution in [3.05, 3.63) is 29.3 Å². The van der Waals surface area contributed by atoms with Crippen LogP contribution in [0.1, 0.15) is 53.4 Å². The summed E-state index contributed by atoms with van der Waals surface area (Å²) in [5, 5.41) is 6.35. The predicted octanol–water partition coefficient (Wildman–Crippen LogP) is 3.71. The van der Waals surface area contributed by atoms with E-state index in [2.05, 4.69) is 10.6 Å². The first kappa shape index (κ1) is 24.2.